The number of aromatic nitrogens is 2. The average Bonchev–Trinajstić information content (AvgIpc) is 2.30. The second-order valence-electron chi connectivity index (χ2n) is 4.22. The number of rotatable bonds is 2. The summed E-state index contributed by atoms with van der Waals surface area (Å²) < 4.78 is 1.26. The molecule has 3 N–H and O–H groups in total. The third-order valence-corrected chi connectivity index (χ3v) is 2.76. The first-order chi connectivity index (χ1) is 8.52. The first-order valence-electron chi connectivity index (χ1n) is 5.63. The van der Waals surface area contributed by atoms with Gasteiger partial charge in [0, 0.05) is 12.6 Å². The minimum absolute atomic E-state index is 0.0804. The smallest absolute Gasteiger partial charge is 0.275 e. The summed E-state index contributed by atoms with van der Waals surface area (Å²) >= 11 is 0. The Morgan fingerprint density at radius 1 is 1.33 bits per heavy atom. The van der Waals surface area contributed by atoms with E-state index in [1.54, 1.807) is 0 Å². The zero-order chi connectivity index (χ0) is 13.3. The zero-order valence-corrected chi connectivity index (χ0v) is 10.3. The number of hydrogen-bond acceptors (Lipinski definition) is 4. The average molecular weight is 245 g/mol. The standard InChI is InChI=1S/C13H15N3O2/c1-8-3-4-11(9(2)5-8)16-13(18)6-12(17)10(7-14)15-16/h3-6,17H,7,14H2,1-2H3. The van der Waals surface area contributed by atoms with E-state index in [1.165, 1.54) is 4.68 Å². The van der Waals surface area contributed by atoms with Crippen LogP contribution in [0.1, 0.15) is 16.8 Å². The Morgan fingerprint density at radius 3 is 2.67 bits per heavy atom. The molecule has 0 aliphatic rings. The van der Waals surface area contributed by atoms with Crippen molar-refractivity contribution < 1.29 is 5.11 Å². The minimum Gasteiger partial charge on any atom is -0.506 e. The van der Waals surface area contributed by atoms with Gasteiger partial charge in [-0.05, 0) is 25.5 Å². The van der Waals surface area contributed by atoms with Gasteiger partial charge in [-0.25, -0.2) is 0 Å². The summed E-state index contributed by atoms with van der Waals surface area (Å²) in [5, 5.41) is 13.6. The van der Waals surface area contributed by atoms with Crippen LogP contribution < -0.4 is 11.3 Å². The minimum atomic E-state index is -0.378. The Bertz CT molecular complexity index is 647. The summed E-state index contributed by atoms with van der Waals surface area (Å²) in [4.78, 5) is 11.8. The molecule has 2 aromatic rings. The molecule has 0 aliphatic carbocycles. The van der Waals surface area contributed by atoms with E-state index in [-0.39, 0.29) is 17.9 Å². The van der Waals surface area contributed by atoms with Crippen LogP contribution in [0.25, 0.3) is 5.69 Å². The van der Waals surface area contributed by atoms with Crippen molar-refractivity contribution in [3.05, 3.63) is 51.4 Å². The molecule has 0 bridgehead atoms. The maximum Gasteiger partial charge on any atom is 0.275 e. The number of benzene rings is 1. The van der Waals surface area contributed by atoms with Crippen LogP contribution in [0.4, 0.5) is 0 Å². The van der Waals surface area contributed by atoms with Gasteiger partial charge in [-0.1, -0.05) is 17.7 Å². The molecule has 5 heteroatoms. The maximum atomic E-state index is 11.8. The topological polar surface area (TPSA) is 81.1 Å². The van der Waals surface area contributed by atoms with E-state index >= 15 is 0 Å². The second-order valence-corrected chi connectivity index (χ2v) is 4.22. The van der Waals surface area contributed by atoms with Crippen LogP contribution >= 0.6 is 0 Å². The van der Waals surface area contributed by atoms with Crippen molar-refractivity contribution in [1.29, 1.82) is 0 Å². The molecule has 0 fully saturated rings. The van der Waals surface area contributed by atoms with Gasteiger partial charge in [0.15, 0.2) is 0 Å². The second kappa shape index (κ2) is 4.62. The van der Waals surface area contributed by atoms with Crippen LogP contribution in [0.15, 0.2) is 29.1 Å². The van der Waals surface area contributed by atoms with Gasteiger partial charge in [-0.15, -0.1) is 0 Å². The molecule has 1 aromatic carbocycles. The monoisotopic (exact) mass is 245 g/mol. The van der Waals surface area contributed by atoms with Crippen LogP contribution in [0, 0.1) is 13.8 Å². The zero-order valence-electron chi connectivity index (χ0n) is 10.3. The highest BCUT2D eigenvalue weighted by molar-refractivity contribution is 5.42. The Hall–Kier alpha value is -2.14. The van der Waals surface area contributed by atoms with E-state index < -0.39 is 0 Å². The quantitative estimate of drug-likeness (QED) is 0.827. The highest BCUT2D eigenvalue weighted by Crippen LogP contribution is 2.15. The molecule has 0 saturated heterocycles. The van der Waals surface area contributed by atoms with Crippen LogP contribution in [-0.2, 0) is 6.54 Å². The molecule has 5 nitrogen and oxygen atoms in total. The molecule has 0 spiro atoms. The summed E-state index contributed by atoms with van der Waals surface area (Å²) in [6.07, 6.45) is 0. The fourth-order valence-corrected chi connectivity index (χ4v) is 1.84. The largest absolute Gasteiger partial charge is 0.506 e. The summed E-state index contributed by atoms with van der Waals surface area (Å²) in [6, 6.07) is 6.84. The number of aryl methyl sites for hydroxylation is 2. The highest BCUT2D eigenvalue weighted by Gasteiger charge is 2.09. The van der Waals surface area contributed by atoms with Gasteiger partial charge < -0.3 is 10.8 Å². The maximum absolute atomic E-state index is 11.8. The van der Waals surface area contributed by atoms with Crippen LogP contribution in [0.3, 0.4) is 0 Å². The lowest BCUT2D eigenvalue weighted by atomic mass is 10.1. The van der Waals surface area contributed by atoms with Crippen molar-refractivity contribution in [1.82, 2.24) is 9.78 Å². The summed E-state index contributed by atoms with van der Waals surface area (Å²) in [5.74, 6) is -0.163. The van der Waals surface area contributed by atoms with Crippen LogP contribution in [0.5, 0.6) is 5.75 Å². The number of hydrogen-bond donors (Lipinski definition) is 2. The van der Waals surface area contributed by atoms with Crippen molar-refractivity contribution >= 4 is 0 Å². The van der Waals surface area contributed by atoms with Gasteiger partial charge in [0.1, 0.15) is 11.4 Å². The van der Waals surface area contributed by atoms with Gasteiger partial charge in [0.05, 0.1) is 5.69 Å². The molecule has 94 valence electrons. The third kappa shape index (κ3) is 2.12. The van der Waals surface area contributed by atoms with Gasteiger partial charge in [0.25, 0.3) is 5.56 Å². The first-order valence-corrected chi connectivity index (χ1v) is 5.63. The number of nitrogens with zero attached hydrogens (tertiary/aromatic N) is 2. The van der Waals surface area contributed by atoms with E-state index in [0.29, 0.717) is 11.4 Å². The van der Waals surface area contributed by atoms with E-state index in [4.69, 9.17) is 5.73 Å². The SMILES string of the molecule is Cc1ccc(-n2nc(CN)c(O)cc2=O)c(C)c1. The molecule has 0 aliphatic heterocycles. The van der Waals surface area contributed by atoms with E-state index in [2.05, 4.69) is 5.10 Å². The molecular formula is C13H15N3O2. The predicted molar refractivity (Wildman–Crippen MR) is 68.9 cm³/mol. The Labute approximate surface area is 104 Å². The summed E-state index contributed by atoms with van der Waals surface area (Å²) in [5.41, 5.74) is 8.15. The van der Waals surface area contributed by atoms with Crippen LogP contribution in [0.2, 0.25) is 0 Å². The van der Waals surface area contributed by atoms with Gasteiger partial charge in [-0.3, -0.25) is 4.79 Å². The highest BCUT2D eigenvalue weighted by atomic mass is 16.3. The lowest BCUT2D eigenvalue weighted by Gasteiger charge is -2.10. The van der Waals surface area contributed by atoms with E-state index in [0.717, 1.165) is 17.2 Å². The first kappa shape index (κ1) is 12.3. The van der Waals surface area contributed by atoms with Crippen molar-refractivity contribution in [2.45, 2.75) is 20.4 Å². The molecule has 0 unspecified atom stereocenters. The molecule has 0 saturated carbocycles. The molecule has 2 rings (SSSR count). The van der Waals surface area contributed by atoms with Crippen LogP contribution in [-0.4, -0.2) is 14.9 Å². The van der Waals surface area contributed by atoms with Gasteiger partial charge in [0.2, 0.25) is 0 Å². The molecule has 18 heavy (non-hydrogen) atoms. The molecule has 1 heterocycles. The molecule has 0 amide bonds. The molecule has 0 atom stereocenters. The fraction of sp³-hybridized carbons (Fsp3) is 0.231. The van der Waals surface area contributed by atoms with Crippen molar-refractivity contribution in [2.75, 3.05) is 0 Å². The Kier molecular flexibility index (Phi) is 3.16. The predicted octanol–water partition coefficient (Wildman–Crippen LogP) is 1.01. The van der Waals surface area contributed by atoms with E-state index in [9.17, 15) is 9.90 Å². The normalized spacial score (nSPS) is 10.6. The lowest BCUT2D eigenvalue weighted by Crippen LogP contribution is -2.23. The Morgan fingerprint density at radius 2 is 2.06 bits per heavy atom. The summed E-state index contributed by atoms with van der Waals surface area (Å²) in [6.45, 7) is 3.97. The number of aromatic hydroxyl groups is 1. The fourth-order valence-electron chi connectivity index (χ4n) is 1.84. The van der Waals surface area contributed by atoms with Gasteiger partial charge in [-0.2, -0.15) is 9.78 Å². The van der Waals surface area contributed by atoms with Crippen molar-refractivity contribution in [3.8, 4) is 11.4 Å². The van der Waals surface area contributed by atoms with Crippen molar-refractivity contribution in [2.24, 2.45) is 5.73 Å². The Balaban J connectivity index is 2.67. The molecular weight excluding hydrogens is 230 g/mol. The van der Waals surface area contributed by atoms with Crippen molar-refractivity contribution in [3.63, 3.8) is 0 Å². The number of nitrogens with two attached hydrogens (primary N) is 1. The lowest BCUT2D eigenvalue weighted by molar-refractivity contribution is 0.457. The summed E-state index contributed by atoms with van der Waals surface area (Å²) in [7, 11) is 0. The van der Waals surface area contributed by atoms with Gasteiger partial charge >= 0.3 is 0 Å². The van der Waals surface area contributed by atoms with E-state index in [1.807, 2.05) is 32.0 Å². The molecule has 0 radical (unpaired) electrons. The molecule has 1 aromatic heterocycles. The third-order valence-electron chi connectivity index (χ3n) is 2.76.